The Morgan fingerprint density at radius 1 is 0.255 bits per heavy atom. The van der Waals surface area contributed by atoms with Crippen LogP contribution in [0, 0.1) is 13.8 Å². The standard InChI is InChI=1S/C58H76P2.C34H34/c1-7-23-43(24-8-1)53-39-45-27-19-21-37-51(45)57(55(53)41-59(47-29-11-3-12-30-47)48-31-13-4-14-32-48)58-52-38-22-20-28-46(52)40-54(44-25-9-2-10-26-44)56(58)42-60(49-33-15-5-16-34-49)50-35-17-6-18-36-50;1-23-31(25-13-5-3-6-14-25)21-27-17-9-11-19-29(27)33(23)34-24(2)32(26-15-7-4-8-16-26)22-28-18-10-12-20-30(28)34/h1-2,7-10,23-26,39-40,47-50H,3-6,11-22,27-38,41-42H2;3-8,13-16,21-22H,9-12,17-20H2,1-2H3. The van der Waals surface area contributed by atoms with Crippen molar-refractivity contribution in [2.75, 3.05) is 0 Å². The van der Waals surface area contributed by atoms with E-state index in [2.05, 4.69) is 159 Å². The van der Waals surface area contributed by atoms with Crippen LogP contribution < -0.4 is 0 Å². The van der Waals surface area contributed by atoms with Crippen LogP contribution in [0.25, 0.3) is 66.8 Å². The minimum Gasteiger partial charge on any atom is -0.0958 e. The van der Waals surface area contributed by atoms with Crippen molar-refractivity contribution < 1.29 is 0 Å². The van der Waals surface area contributed by atoms with Gasteiger partial charge in [0.1, 0.15) is 0 Å². The molecule has 0 unspecified atom stereocenters. The molecule has 2 heteroatoms. The first-order valence-corrected chi connectivity index (χ1v) is 42.2. The van der Waals surface area contributed by atoms with Crippen LogP contribution in [-0.4, -0.2) is 22.6 Å². The topological polar surface area (TPSA) is 0 Å². The molecule has 16 rings (SSSR count). The molecular formula is C92H110P2. The van der Waals surface area contributed by atoms with E-state index in [0.717, 1.165) is 22.6 Å². The molecule has 0 amide bonds. The van der Waals surface area contributed by atoms with Gasteiger partial charge in [-0.15, -0.1) is 0 Å². The normalized spacial score (nSPS) is 19.0. The summed E-state index contributed by atoms with van der Waals surface area (Å²) in [6.07, 6.45) is 53.0. The Morgan fingerprint density at radius 3 is 0.766 bits per heavy atom. The minimum absolute atomic E-state index is 0.105. The molecule has 0 aliphatic heterocycles. The van der Waals surface area contributed by atoms with E-state index >= 15 is 0 Å². The molecular weight excluding hydrogens is 1170 g/mol. The van der Waals surface area contributed by atoms with E-state index in [0.29, 0.717) is 0 Å². The fourth-order valence-corrected chi connectivity index (χ4v) is 28.0. The molecule has 4 fully saturated rings. The van der Waals surface area contributed by atoms with E-state index in [1.165, 1.54) is 288 Å². The summed E-state index contributed by atoms with van der Waals surface area (Å²) in [6.45, 7) is 4.77. The fraction of sp³-hybridized carbons (Fsp3) is 0.478. The van der Waals surface area contributed by atoms with Crippen LogP contribution in [0.1, 0.15) is 247 Å². The molecule has 8 aromatic carbocycles. The van der Waals surface area contributed by atoms with E-state index in [9.17, 15) is 0 Å². The van der Waals surface area contributed by atoms with Gasteiger partial charge in [-0.3, -0.25) is 0 Å². The summed E-state index contributed by atoms with van der Waals surface area (Å²) >= 11 is 0. The molecule has 0 radical (unpaired) electrons. The summed E-state index contributed by atoms with van der Waals surface area (Å²) in [7, 11) is -0.210. The first-order valence-electron chi connectivity index (χ1n) is 38.9. The van der Waals surface area contributed by atoms with Crippen LogP contribution in [0.15, 0.2) is 146 Å². The maximum absolute atomic E-state index is 2.79. The molecule has 0 N–H and O–H groups in total. The molecule has 8 aliphatic carbocycles. The molecule has 94 heavy (non-hydrogen) atoms. The highest BCUT2D eigenvalue weighted by Gasteiger charge is 2.38. The van der Waals surface area contributed by atoms with Crippen LogP contribution >= 0.6 is 15.8 Å². The Hall–Kier alpha value is -5.38. The van der Waals surface area contributed by atoms with Crippen molar-refractivity contribution in [2.45, 2.75) is 280 Å². The van der Waals surface area contributed by atoms with E-state index in [1.807, 2.05) is 22.3 Å². The van der Waals surface area contributed by atoms with Crippen molar-refractivity contribution in [1.82, 2.24) is 0 Å². The Bertz CT molecular complexity index is 3560. The highest BCUT2D eigenvalue weighted by molar-refractivity contribution is 7.58. The van der Waals surface area contributed by atoms with Gasteiger partial charge in [-0.2, -0.15) is 0 Å². The quantitative estimate of drug-likeness (QED) is 0.0952. The van der Waals surface area contributed by atoms with Crippen LogP contribution in [0.2, 0.25) is 0 Å². The second-order valence-corrected chi connectivity index (χ2v) is 36.4. The van der Waals surface area contributed by atoms with Gasteiger partial charge < -0.3 is 0 Å². The summed E-state index contributed by atoms with van der Waals surface area (Å²) in [6, 6.07) is 56.6. The first-order chi connectivity index (χ1) is 46.5. The minimum atomic E-state index is -0.105. The van der Waals surface area contributed by atoms with Crippen LogP contribution in [0.5, 0.6) is 0 Å². The zero-order valence-electron chi connectivity index (χ0n) is 57.9. The average molecular weight is 1280 g/mol. The van der Waals surface area contributed by atoms with E-state index < -0.39 is 0 Å². The SMILES string of the molecule is Cc1c(-c2ccccc2)cc2c(c1-c1c(C)c(-c3ccccc3)cc3c1CCCC3)CCCC2.c1ccc(-c2cc3c(c(-c4c5c(cc(-c6ccccc6)c4CP(C4CCCCC4)C4CCCCC4)CCCC5)c2CP(C2CCCCC2)C2CCCCC2)CCCC3)cc1. The van der Waals surface area contributed by atoms with Crippen molar-refractivity contribution in [3.05, 3.63) is 212 Å². The smallest absolute Gasteiger partial charge is 0.00557 e. The third-order valence-electron chi connectivity index (χ3n) is 25.0. The number of aryl methyl sites for hydroxylation is 4. The maximum atomic E-state index is 2.79. The molecule has 488 valence electrons. The van der Waals surface area contributed by atoms with Gasteiger partial charge in [-0.1, -0.05) is 238 Å². The van der Waals surface area contributed by atoms with Crippen molar-refractivity contribution in [2.24, 2.45) is 0 Å². The van der Waals surface area contributed by atoms with Gasteiger partial charge in [-0.25, -0.2) is 0 Å². The molecule has 4 saturated carbocycles. The lowest BCUT2D eigenvalue weighted by atomic mass is 9.74. The average Bonchev–Trinajstić information content (AvgIpc) is 0.740. The lowest BCUT2D eigenvalue weighted by molar-refractivity contribution is 0.484. The highest BCUT2D eigenvalue weighted by atomic mass is 31.1. The van der Waals surface area contributed by atoms with Crippen molar-refractivity contribution in [3.63, 3.8) is 0 Å². The molecule has 8 aliphatic rings. The highest BCUT2D eigenvalue weighted by Crippen LogP contribution is 2.63. The van der Waals surface area contributed by atoms with Gasteiger partial charge in [0.05, 0.1) is 0 Å². The Labute approximate surface area is 571 Å². The molecule has 0 saturated heterocycles. The Morgan fingerprint density at radius 2 is 0.489 bits per heavy atom. The van der Waals surface area contributed by atoms with E-state index in [-0.39, 0.29) is 15.8 Å². The van der Waals surface area contributed by atoms with Gasteiger partial charge in [0.2, 0.25) is 0 Å². The Balaban J connectivity index is 0.000000181. The number of hydrogen-bond donors (Lipinski definition) is 0. The van der Waals surface area contributed by atoms with Gasteiger partial charge in [-0.05, 0) is 336 Å². The van der Waals surface area contributed by atoms with Crippen molar-refractivity contribution >= 4 is 15.8 Å². The summed E-state index contributed by atoms with van der Waals surface area (Å²) in [5.41, 5.74) is 42.4. The van der Waals surface area contributed by atoms with Crippen LogP contribution in [-0.2, 0) is 63.7 Å². The number of fused-ring (bicyclic) bond motifs is 4. The molecule has 0 aromatic heterocycles. The summed E-state index contributed by atoms with van der Waals surface area (Å²) in [5, 5.41) is 0. The summed E-state index contributed by atoms with van der Waals surface area (Å²) < 4.78 is 0. The summed E-state index contributed by atoms with van der Waals surface area (Å²) in [5.74, 6) is 0. The zero-order chi connectivity index (χ0) is 63.2. The van der Waals surface area contributed by atoms with E-state index in [4.69, 9.17) is 0 Å². The maximum Gasteiger partial charge on any atom is -0.00557 e. The largest absolute Gasteiger partial charge is 0.0958 e. The van der Waals surface area contributed by atoms with Gasteiger partial charge in [0, 0.05) is 0 Å². The molecule has 0 atom stereocenters. The van der Waals surface area contributed by atoms with E-state index in [1.54, 1.807) is 66.8 Å². The Kier molecular flexibility index (Phi) is 21.0. The lowest BCUT2D eigenvalue weighted by Gasteiger charge is -2.41. The lowest BCUT2D eigenvalue weighted by Crippen LogP contribution is -2.23. The summed E-state index contributed by atoms with van der Waals surface area (Å²) in [4.78, 5) is 0. The molecule has 0 spiro atoms. The second-order valence-electron chi connectivity index (χ2n) is 30.8. The molecule has 0 heterocycles. The number of rotatable bonds is 14. The number of benzene rings is 8. The molecule has 0 nitrogen and oxygen atoms in total. The second kappa shape index (κ2) is 30.6. The number of hydrogen-bond acceptors (Lipinski definition) is 0. The molecule has 0 bridgehead atoms. The zero-order valence-corrected chi connectivity index (χ0v) is 59.7. The first kappa shape index (κ1) is 64.6. The third kappa shape index (κ3) is 13.8. The third-order valence-corrected chi connectivity index (χ3v) is 32.2. The van der Waals surface area contributed by atoms with Crippen molar-refractivity contribution in [3.8, 4) is 66.8 Å². The van der Waals surface area contributed by atoms with Gasteiger partial charge in [0.25, 0.3) is 0 Å². The van der Waals surface area contributed by atoms with Gasteiger partial charge >= 0.3 is 0 Å². The van der Waals surface area contributed by atoms with Gasteiger partial charge in [0.15, 0.2) is 0 Å². The predicted octanol–water partition coefficient (Wildman–Crippen LogP) is 26.8. The monoisotopic (exact) mass is 1280 g/mol. The molecule has 8 aromatic rings. The van der Waals surface area contributed by atoms with Crippen LogP contribution in [0.4, 0.5) is 0 Å². The fourth-order valence-electron chi connectivity index (χ4n) is 20.3. The van der Waals surface area contributed by atoms with Crippen LogP contribution in [0.3, 0.4) is 0 Å². The predicted molar refractivity (Wildman–Crippen MR) is 410 cm³/mol. The van der Waals surface area contributed by atoms with Crippen molar-refractivity contribution in [1.29, 1.82) is 0 Å².